The van der Waals surface area contributed by atoms with E-state index in [1.807, 2.05) is 60.7 Å². The van der Waals surface area contributed by atoms with E-state index in [4.69, 9.17) is 17.7 Å². The second kappa shape index (κ2) is 8.55. The van der Waals surface area contributed by atoms with Gasteiger partial charge in [-0.25, -0.2) is 9.59 Å². The van der Waals surface area contributed by atoms with Gasteiger partial charge in [0.05, 0.1) is 5.33 Å². The van der Waals surface area contributed by atoms with Crippen LogP contribution in [0.1, 0.15) is 11.5 Å². The van der Waals surface area contributed by atoms with Crippen LogP contribution in [0, 0.1) is 6.92 Å². The Balaban J connectivity index is 0.000000156. The van der Waals surface area contributed by atoms with Gasteiger partial charge in [0.2, 0.25) is 0 Å². The number of hydrogen-bond acceptors (Lipinski definition) is 6. The summed E-state index contributed by atoms with van der Waals surface area (Å²) in [6.07, 6.45) is 0. The summed E-state index contributed by atoms with van der Waals surface area (Å²) in [4.78, 5) is 21.6. The normalized spacial score (nSPS) is 10.3. The molecule has 4 rings (SSSR count). The molecule has 0 atom stereocenters. The van der Waals surface area contributed by atoms with Gasteiger partial charge in [-0.2, -0.15) is 0 Å². The minimum absolute atomic E-state index is 0.461. The number of rotatable bonds is 3. The van der Waals surface area contributed by atoms with Crippen molar-refractivity contribution in [1.82, 2.24) is 0 Å². The van der Waals surface area contributed by atoms with Gasteiger partial charge in [-0.05, 0) is 6.92 Å². The van der Waals surface area contributed by atoms with Crippen LogP contribution in [0.4, 0.5) is 0 Å². The number of alkyl halides is 1. The van der Waals surface area contributed by atoms with Crippen LogP contribution >= 0.6 is 15.9 Å². The summed E-state index contributed by atoms with van der Waals surface area (Å²) in [6, 6.07) is 18.7. The lowest BCUT2D eigenvalue weighted by Crippen LogP contribution is -1.85. The highest BCUT2D eigenvalue weighted by Crippen LogP contribution is 2.24. The molecule has 0 aliphatic rings. The first-order valence-corrected chi connectivity index (χ1v) is 9.10. The molecule has 2 aromatic carbocycles. The Morgan fingerprint density at radius 2 is 1.19 bits per heavy atom. The maximum Gasteiger partial charge on any atom is 0.519 e. The van der Waals surface area contributed by atoms with Gasteiger partial charge >= 0.3 is 11.6 Å². The van der Waals surface area contributed by atoms with Gasteiger partial charge in [-0.15, -0.1) is 0 Å². The van der Waals surface area contributed by atoms with Gasteiger partial charge in [0, 0.05) is 11.1 Å². The molecule has 0 amide bonds. The number of halogens is 1. The Morgan fingerprint density at radius 3 is 1.67 bits per heavy atom. The van der Waals surface area contributed by atoms with Crippen LogP contribution in [0.2, 0.25) is 0 Å². The first kappa shape index (κ1) is 18.7. The van der Waals surface area contributed by atoms with Crippen molar-refractivity contribution in [3.8, 4) is 22.6 Å². The Kier molecular flexibility index (Phi) is 5.93. The van der Waals surface area contributed by atoms with Crippen molar-refractivity contribution >= 4 is 15.9 Å². The molecule has 4 aromatic rings. The van der Waals surface area contributed by atoms with Crippen LogP contribution in [-0.2, 0) is 5.33 Å². The fourth-order valence-electron chi connectivity index (χ4n) is 2.40. The summed E-state index contributed by atoms with van der Waals surface area (Å²) in [5, 5.41) is 0.461. The topological polar surface area (TPSA) is 86.7 Å². The zero-order valence-corrected chi connectivity index (χ0v) is 15.9. The van der Waals surface area contributed by atoms with E-state index in [0.717, 1.165) is 11.1 Å². The van der Waals surface area contributed by atoms with Gasteiger partial charge in [0.1, 0.15) is 0 Å². The highest BCUT2D eigenvalue weighted by Gasteiger charge is 2.12. The third kappa shape index (κ3) is 4.57. The van der Waals surface area contributed by atoms with Gasteiger partial charge in [0.15, 0.2) is 23.0 Å². The van der Waals surface area contributed by atoms with E-state index in [2.05, 4.69) is 15.9 Å². The molecule has 2 aromatic heterocycles. The molecule has 0 unspecified atom stereocenters. The van der Waals surface area contributed by atoms with Crippen LogP contribution in [0.3, 0.4) is 0 Å². The van der Waals surface area contributed by atoms with Crippen molar-refractivity contribution in [2.75, 3.05) is 0 Å². The minimum atomic E-state index is -0.668. The van der Waals surface area contributed by atoms with Crippen LogP contribution in [0.25, 0.3) is 22.6 Å². The van der Waals surface area contributed by atoms with E-state index >= 15 is 0 Å². The largest absolute Gasteiger partial charge is 0.519 e. The van der Waals surface area contributed by atoms with E-state index in [1.54, 1.807) is 6.92 Å². The second-order valence-electron chi connectivity index (χ2n) is 5.41. The van der Waals surface area contributed by atoms with E-state index in [-0.39, 0.29) is 0 Å². The third-order valence-electron chi connectivity index (χ3n) is 3.58. The minimum Gasteiger partial charge on any atom is -0.396 e. The molecule has 2 heterocycles. The highest BCUT2D eigenvalue weighted by atomic mass is 79.9. The molecular formula is C20H15BrO6. The Bertz CT molecular complexity index is 1100. The molecule has 0 radical (unpaired) electrons. The van der Waals surface area contributed by atoms with E-state index in [0.29, 0.717) is 28.4 Å². The maximum absolute atomic E-state index is 10.9. The SMILES string of the molecule is Cc1oc(=O)oc1-c1ccccc1.O=c1oc(CBr)c(-c2ccccc2)o1. The summed E-state index contributed by atoms with van der Waals surface area (Å²) >= 11 is 3.23. The van der Waals surface area contributed by atoms with Crippen molar-refractivity contribution in [3.63, 3.8) is 0 Å². The van der Waals surface area contributed by atoms with E-state index < -0.39 is 11.6 Å². The summed E-state index contributed by atoms with van der Waals surface area (Å²) in [6.45, 7) is 1.70. The van der Waals surface area contributed by atoms with Crippen LogP contribution in [-0.4, -0.2) is 0 Å². The first-order valence-electron chi connectivity index (χ1n) is 7.98. The summed E-state index contributed by atoms with van der Waals surface area (Å²) < 4.78 is 19.4. The summed E-state index contributed by atoms with van der Waals surface area (Å²) in [5.74, 6) is 0.699. The smallest absolute Gasteiger partial charge is 0.396 e. The molecule has 7 heteroatoms. The maximum atomic E-state index is 10.9. The van der Waals surface area contributed by atoms with Gasteiger partial charge in [-0.1, -0.05) is 76.6 Å². The van der Waals surface area contributed by atoms with E-state index in [9.17, 15) is 9.59 Å². The molecule has 0 saturated heterocycles. The summed E-state index contributed by atoms with van der Waals surface area (Å²) in [5.41, 5.74) is 1.69. The van der Waals surface area contributed by atoms with Crippen LogP contribution < -0.4 is 11.6 Å². The zero-order valence-electron chi connectivity index (χ0n) is 14.3. The molecule has 138 valence electrons. The molecule has 0 spiro atoms. The fraction of sp³-hybridized carbons (Fsp3) is 0.100. The lowest BCUT2D eigenvalue weighted by Gasteiger charge is -1.95. The number of hydrogen-bond donors (Lipinski definition) is 0. The second-order valence-corrected chi connectivity index (χ2v) is 5.97. The average Bonchev–Trinajstić information content (AvgIpc) is 3.25. The van der Waals surface area contributed by atoms with Crippen LogP contribution in [0.5, 0.6) is 0 Å². The predicted molar refractivity (Wildman–Crippen MR) is 103 cm³/mol. The Hall–Kier alpha value is -3.06. The molecular weight excluding hydrogens is 416 g/mol. The van der Waals surface area contributed by atoms with E-state index in [1.165, 1.54) is 0 Å². The Morgan fingerprint density at radius 1 is 0.704 bits per heavy atom. The first-order chi connectivity index (χ1) is 13.1. The Labute approximate surface area is 162 Å². The molecule has 6 nitrogen and oxygen atoms in total. The van der Waals surface area contributed by atoms with Crippen molar-refractivity contribution < 1.29 is 17.7 Å². The molecule has 0 fully saturated rings. The predicted octanol–water partition coefficient (Wildman–Crippen LogP) is 5.00. The van der Waals surface area contributed by atoms with Crippen LogP contribution in [0.15, 0.2) is 87.9 Å². The summed E-state index contributed by atoms with van der Waals surface area (Å²) in [7, 11) is 0. The fourth-order valence-corrected chi connectivity index (χ4v) is 2.77. The number of aryl methyl sites for hydroxylation is 1. The monoisotopic (exact) mass is 430 g/mol. The van der Waals surface area contributed by atoms with Gasteiger partial charge in [0.25, 0.3) is 0 Å². The molecule has 0 N–H and O–H groups in total. The molecule has 0 bridgehead atoms. The molecule has 27 heavy (non-hydrogen) atoms. The third-order valence-corrected chi connectivity index (χ3v) is 4.09. The molecule has 0 aliphatic carbocycles. The van der Waals surface area contributed by atoms with Gasteiger partial charge < -0.3 is 17.7 Å². The van der Waals surface area contributed by atoms with Crippen molar-refractivity contribution in [2.24, 2.45) is 0 Å². The van der Waals surface area contributed by atoms with Crippen molar-refractivity contribution in [3.05, 3.63) is 93.4 Å². The lowest BCUT2D eigenvalue weighted by atomic mass is 10.1. The van der Waals surface area contributed by atoms with Crippen molar-refractivity contribution in [1.29, 1.82) is 0 Å². The average molecular weight is 431 g/mol. The standard InChI is InChI=1S/C10H7BrO3.C10H8O3/c11-6-8-9(14-10(12)13-8)7-4-2-1-3-5-7;1-7-9(13-10(11)12-7)8-5-3-2-4-6-8/h1-5H,6H2;2-6H,1H3. The van der Waals surface area contributed by atoms with Crippen molar-refractivity contribution in [2.45, 2.75) is 12.3 Å². The number of benzene rings is 2. The quantitative estimate of drug-likeness (QED) is 0.424. The molecule has 0 saturated carbocycles. The highest BCUT2D eigenvalue weighted by molar-refractivity contribution is 9.08. The van der Waals surface area contributed by atoms with Gasteiger partial charge in [-0.3, -0.25) is 0 Å². The zero-order chi connectivity index (χ0) is 19.2. The molecule has 0 aliphatic heterocycles. The lowest BCUT2D eigenvalue weighted by molar-refractivity contribution is 0.380.